The van der Waals surface area contributed by atoms with Gasteiger partial charge in [-0.05, 0) is 23.3 Å². The van der Waals surface area contributed by atoms with Crippen LogP contribution in [-0.4, -0.2) is 18.2 Å². The van der Waals surface area contributed by atoms with Gasteiger partial charge in [0.05, 0.1) is 12.2 Å². The van der Waals surface area contributed by atoms with E-state index in [-0.39, 0.29) is 5.56 Å². The Hall–Kier alpha value is -1.84. The summed E-state index contributed by atoms with van der Waals surface area (Å²) in [4.78, 5) is 10.9. The summed E-state index contributed by atoms with van der Waals surface area (Å²) in [6.07, 6.45) is 0. The molecule has 0 fully saturated rings. The zero-order chi connectivity index (χ0) is 13.8. The van der Waals surface area contributed by atoms with Crippen molar-refractivity contribution in [3.63, 3.8) is 0 Å². The number of halogens is 1. The van der Waals surface area contributed by atoms with Gasteiger partial charge in [-0.25, -0.2) is 4.79 Å². The van der Waals surface area contributed by atoms with Gasteiger partial charge in [-0.1, -0.05) is 41.9 Å². The molecular weight excluding hydrogens is 264 g/mol. The Balaban J connectivity index is 2.50. The first-order valence-electron chi connectivity index (χ1n) is 5.73. The summed E-state index contributed by atoms with van der Waals surface area (Å²) in [5.74, 6) is -0.987. The van der Waals surface area contributed by atoms with Crippen LogP contribution in [0.4, 0.5) is 0 Å². The van der Waals surface area contributed by atoms with Gasteiger partial charge in [0, 0.05) is 17.7 Å². The summed E-state index contributed by atoms with van der Waals surface area (Å²) in [5.41, 5.74) is 2.94. The molecule has 1 N–H and O–H groups in total. The van der Waals surface area contributed by atoms with Crippen LogP contribution < -0.4 is 0 Å². The number of carboxylic acid groups (broad SMARTS) is 1. The van der Waals surface area contributed by atoms with Crippen LogP contribution in [0.1, 0.15) is 15.9 Å². The molecule has 0 spiro atoms. The highest BCUT2D eigenvalue weighted by atomic mass is 35.5. The highest BCUT2D eigenvalue weighted by Crippen LogP contribution is 2.31. The minimum atomic E-state index is -0.987. The van der Waals surface area contributed by atoms with Gasteiger partial charge in [0.15, 0.2) is 0 Å². The topological polar surface area (TPSA) is 46.5 Å². The van der Waals surface area contributed by atoms with Gasteiger partial charge >= 0.3 is 5.97 Å². The molecule has 2 rings (SSSR count). The zero-order valence-electron chi connectivity index (χ0n) is 10.4. The molecule has 3 nitrogen and oxygen atoms in total. The van der Waals surface area contributed by atoms with Gasteiger partial charge < -0.3 is 9.84 Å². The number of ether oxygens (including phenoxy) is 1. The average Bonchev–Trinajstić information content (AvgIpc) is 2.40. The smallest absolute Gasteiger partial charge is 0.335 e. The predicted octanol–water partition coefficient (Wildman–Crippen LogP) is 3.85. The van der Waals surface area contributed by atoms with E-state index < -0.39 is 5.97 Å². The first kappa shape index (κ1) is 13.6. The Morgan fingerprint density at radius 1 is 1.21 bits per heavy atom. The van der Waals surface area contributed by atoms with Crippen LogP contribution in [0.2, 0.25) is 5.02 Å². The number of aromatic carboxylic acids is 1. The number of carboxylic acids is 1. The molecule has 0 saturated carbocycles. The predicted molar refractivity (Wildman–Crippen MR) is 74.6 cm³/mol. The Morgan fingerprint density at radius 3 is 2.58 bits per heavy atom. The number of hydrogen-bond acceptors (Lipinski definition) is 2. The van der Waals surface area contributed by atoms with Crippen LogP contribution >= 0.6 is 11.6 Å². The van der Waals surface area contributed by atoms with Crippen LogP contribution in [0.25, 0.3) is 11.1 Å². The maximum absolute atomic E-state index is 10.9. The Kier molecular flexibility index (Phi) is 4.20. The molecule has 2 aromatic rings. The lowest BCUT2D eigenvalue weighted by Crippen LogP contribution is -1.97. The molecule has 0 saturated heterocycles. The Bertz CT molecular complexity index is 608. The lowest BCUT2D eigenvalue weighted by Gasteiger charge is -2.11. The second-order valence-electron chi connectivity index (χ2n) is 4.09. The highest BCUT2D eigenvalue weighted by molar-refractivity contribution is 6.33. The molecule has 0 radical (unpaired) electrons. The molecule has 19 heavy (non-hydrogen) atoms. The van der Waals surface area contributed by atoms with Crippen LogP contribution in [0.5, 0.6) is 0 Å². The zero-order valence-corrected chi connectivity index (χ0v) is 11.1. The maximum atomic E-state index is 10.9. The van der Waals surface area contributed by atoms with E-state index in [1.807, 2.05) is 24.3 Å². The molecule has 0 unspecified atom stereocenters. The van der Waals surface area contributed by atoms with Crippen molar-refractivity contribution in [3.05, 3.63) is 58.6 Å². The van der Waals surface area contributed by atoms with Crippen LogP contribution in [0.3, 0.4) is 0 Å². The van der Waals surface area contributed by atoms with E-state index in [0.717, 1.165) is 16.7 Å². The van der Waals surface area contributed by atoms with Crippen molar-refractivity contribution in [2.75, 3.05) is 7.11 Å². The van der Waals surface area contributed by atoms with E-state index in [2.05, 4.69) is 0 Å². The lowest BCUT2D eigenvalue weighted by molar-refractivity contribution is 0.0697. The van der Waals surface area contributed by atoms with Gasteiger partial charge in [-0.2, -0.15) is 0 Å². The molecule has 0 aliphatic heterocycles. The monoisotopic (exact) mass is 276 g/mol. The third-order valence-corrected chi connectivity index (χ3v) is 3.14. The summed E-state index contributed by atoms with van der Waals surface area (Å²) in [6.45, 7) is 0.479. The van der Waals surface area contributed by atoms with Crippen LogP contribution in [-0.2, 0) is 11.3 Å². The van der Waals surface area contributed by atoms with Gasteiger partial charge in [-0.3, -0.25) is 0 Å². The number of rotatable bonds is 4. The fourth-order valence-electron chi connectivity index (χ4n) is 1.93. The number of hydrogen-bond donors (Lipinski definition) is 1. The van der Waals surface area contributed by atoms with E-state index in [0.29, 0.717) is 11.6 Å². The molecule has 0 bridgehead atoms. The van der Waals surface area contributed by atoms with Crippen molar-refractivity contribution in [3.8, 4) is 11.1 Å². The molecule has 0 aromatic heterocycles. The van der Waals surface area contributed by atoms with Gasteiger partial charge in [0.1, 0.15) is 0 Å². The van der Waals surface area contributed by atoms with Gasteiger partial charge in [-0.15, -0.1) is 0 Å². The maximum Gasteiger partial charge on any atom is 0.335 e. The molecular formula is C15H13ClO3. The van der Waals surface area contributed by atoms with Gasteiger partial charge in [0.25, 0.3) is 0 Å². The summed E-state index contributed by atoms with van der Waals surface area (Å²) in [6, 6.07) is 12.5. The van der Waals surface area contributed by atoms with Gasteiger partial charge in [0.2, 0.25) is 0 Å². The second-order valence-corrected chi connectivity index (χ2v) is 4.50. The molecule has 98 valence electrons. The fraction of sp³-hybridized carbons (Fsp3) is 0.133. The van der Waals surface area contributed by atoms with Crippen molar-refractivity contribution >= 4 is 17.6 Å². The normalized spacial score (nSPS) is 10.4. The SMILES string of the molecule is COCc1ccccc1-c1ccc(C(=O)O)cc1Cl. The summed E-state index contributed by atoms with van der Waals surface area (Å²) in [7, 11) is 1.63. The molecule has 0 heterocycles. The third-order valence-electron chi connectivity index (χ3n) is 2.82. The van der Waals surface area contributed by atoms with E-state index in [4.69, 9.17) is 21.4 Å². The van der Waals surface area contributed by atoms with E-state index in [9.17, 15) is 4.79 Å². The summed E-state index contributed by atoms with van der Waals surface area (Å²) >= 11 is 6.18. The number of methoxy groups -OCH3 is 1. The number of benzene rings is 2. The minimum absolute atomic E-state index is 0.179. The minimum Gasteiger partial charge on any atom is -0.478 e. The Morgan fingerprint density at radius 2 is 1.95 bits per heavy atom. The van der Waals surface area contributed by atoms with Crippen molar-refractivity contribution in [1.29, 1.82) is 0 Å². The van der Waals surface area contributed by atoms with Crippen molar-refractivity contribution in [2.45, 2.75) is 6.61 Å². The van der Waals surface area contributed by atoms with E-state index in [1.54, 1.807) is 19.2 Å². The standard InChI is InChI=1S/C15H13ClO3/c1-19-9-11-4-2-3-5-12(11)13-7-6-10(15(17)18)8-14(13)16/h2-8H,9H2,1H3,(H,17,18). The quantitative estimate of drug-likeness (QED) is 0.922. The average molecular weight is 277 g/mol. The molecule has 0 aliphatic carbocycles. The lowest BCUT2D eigenvalue weighted by atomic mass is 9.99. The third kappa shape index (κ3) is 2.95. The number of carbonyl (C=O) groups is 1. The van der Waals surface area contributed by atoms with Crippen molar-refractivity contribution < 1.29 is 14.6 Å². The summed E-state index contributed by atoms with van der Waals surface area (Å²) < 4.78 is 5.15. The molecule has 0 aliphatic rings. The molecule has 0 amide bonds. The first-order valence-corrected chi connectivity index (χ1v) is 6.11. The highest BCUT2D eigenvalue weighted by Gasteiger charge is 2.11. The van der Waals surface area contributed by atoms with E-state index >= 15 is 0 Å². The summed E-state index contributed by atoms with van der Waals surface area (Å²) in [5, 5.41) is 9.35. The van der Waals surface area contributed by atoms with Crippen molar-refractivity contribution in [2.24, 2.45) is 0 Å². The fourth-order valence-corrected chi connectivity index (χ4v) is 2.21. The van der Waals surface area contributed by atoms with Crippen LogP contribution in [0.15, 0.2) is 42.5 Å². The van der Waals surface area contributed by atoms with Crippen molar-refractivity contribution in [1.82, 2.24) is 0 Å². The molecule has 4 heteroatoms. The Labute approximate surface area is 116 Å². The first-order chi connectivity index (χ1) is 9.13. The van der Waals surface area contributed by atoms with Crippen LogP contribution in [0, 0.1) is 0 Å². The molecule has 2 aromatic carbocycles. The largest absolute Gasteiger partial charge is 0.478 e. The molecule has 0 atom stereocenters. The second kappa shape index (κ2) is 5.87. The van der Waals surface area contributed by atoms with E-state index in [1.165, 1.54) is 6.07 Å².